The van der Waals surface area contributed by atoms with Crippen LogP contribution in [0.15, 0.2) is 54.6 Å². The number of hydrogen-bond acceptors (Lipinski definition) is 2. The average molecular weight is 283 g/mol. The van der Waals surface area contributed by atoms with E-state index >= 15 is 0 Å². The van der Waals surface area contributed by atoms with Gasteiger partial charge in [0.1, 0.15) is 6.04 Å². The summed E-state index contributed by atoms with van der Waals surface area (Å²) in [7, 11) is 1.68. The lowest BCUT2D eigenvalue weighted by Gasteiger charge is -2.31. The summed E-state index contributed by atoms with van der Waals surface area (Å²) < 4.78 is 0. The van der Waals surface area contributed by atoms with Crippen LogP contribution in [0.5, 0.6) is 0 Å². The van der Waals surface area contributed by atoms with E-state index in [2.05, 4.69) is 17.4 Å². The van der Waals surface area contributed by atoms with Gasteiger partial charge in [0.05, 0.1) is 0 Å². The van der Waals surface area contributed by atoms with Crippen molar-refractivity contribution in [3.8, 4) is 11.1 Å². The van der Waals surface area contributed by atoms with Crippen LogP contribution in [0, 0.1) is 0 Å². The molecule has 3 heteroatoms. The molecular weight excluding hydrogens is 262 g/mol. The highest BCUT2D eigenvalue weighted by molar-refractivity contribution is 5.76. The molecule has 2 N–H and O–H groups in total. The Morgan fingerprint density at radius 2 is 1.52 bits per heavy atom. The summed E-state index contributed by atoms with van der Waals surface area (Å²) in [5, 5.41) is 12.2. The van der Waals surface area contributed by atoms with E-state index in [4.69, 9.17) is 0 Å². The van der Waals surface area contributed by atoms with E-state index < -0.39 is 17.4 Å². The number of carbonyl (C=O) groups is 1. The minimum Gasteiger partial charge on any atom is -0.480 e. The number of hydrogen-bond donors (Lipinski definition) is 2. The summed E-state index contributed by atoms with van der Waals surface area (Å²) in [6, 6.07) is 17.6. The third-order valence-corrected chi connectivity index (χ3v) is 3.99. The normalized spacial score (nSPS) is 12.9. The third kappa shape index (κ3) is 3.14. The van der Waals surface area contributed by atoms with E-state index in [9.17, 15) is 9.90 Å². The van der Waals surface area contributed by atoms with Gasteiger partial charge in [0.15, 0.2) is 0 Å². The zero-order chi connectivity index (χ0) is 15.5. The monoisotopic (exact) mass is 283 g/mol. The molecule has 0 amide bonds. The molecule has 1 unspecified atom stereocenters. The van der Waals surface area contributed by atoms with Gasteiger partial charge in [0.2, 0.25) is 0 Å². The fourth-order valence-corrected chi connectivity index (χ4v) is 2.68. The first kappa shape index (κ1) is 15.3. The van der Waals surface area contributed by atoms with Gasteiger partial charge in [-0.05, 0) is 23.7 Å². The van der Waals surface area contributed by atoms with E-state index in [0.29, 0.717) is 0 Å². The molecule has 0 aliphatic rings. The molecular formula is C18H21NO2. The fourth-order valence-electron chi connectivity index (χ4n) is 2.68. The Bertz CT molecular complexity index is 603. The van der Waals surface area contributed by atoms with Crippen molar-refractivity contribution >= 4 is 5.97 Å². The van der Waals surface area contributed by atoms with E-state index in [1.807, 2.05) is 56.3 Å². The molecule has 0 aliphatic heterocycles. The molecule has 110 valence electrons. The van der Waals surface area contributed by atoms with Crippen LogP contribution in [-0.2, 0) is 10.2 Å². The summed E-state index contributed by atoms with van der Waals surface area (Å²) in [4.78, 5) is 11.4. The Morgan fingerprint density at radius 1 is 1.00 bits per heavy atom. The van der Waals surface area contributed by atoms with Crippen molar-refractivity contribution in [2.75, 3.05) is 7.05 Å². The zero-order valence-corrected chi connectivity index (χ0v) is 12.6. The van der Waals surface area contributed by atoms with Crippen molar-refractivity contribution in [3.63, 3.8) is 0 Å². The first-order chi connectivity index (χ1) is 9.96. The highest BCUT2D eigenvalue weighted by Crippen LogP contribution is 2.29. The Morgan fingerprint density at radius 3 is 2.00 bits per heavy atom. The van der Waals surface area contributed by atoms with Gasteiger partial charge in [-0.15, -0.1) is 0 Å². The number of nitrogens with one attached hydrogen (secondary N) is 1. The number of rotatable bonds is 5. The summed E-state index contributed by atoms with van der Waals surface area (Å²) in [6.07, 6.45) is 0. The van der Waals surface area contributed by atoms with Crippen LogP contribution in [0.25, 0.3) is 11.1 Å². The second-order valence-electron chi connectivity index (χ2n) is 5.72. The maximum atomic E-state index is 11.4. The first-order valence-electron chi connectivity index (χ1n) is 7.03. The first-order valence-corrected chi connectivity index (χ1v) is 7.03. The Labute approximate surface area is 125 Å². The van der Waals surface area contributed by atoms with E-state index in [1.165, 1.54) is 0 Å². The summed E-state index contributed by atoms with van der Waals surface area (Å²) in [5.41, 5.74) is 2.80. The van der Waals surface area contributed by atoms with Crippen molar-refractivity contribution in [1.82, 2.24) is 5.32 Å². The van der Waals surface area contributed by atoms with Crippen molar-refractivity contribution in [3.05, 3.63) is 60.2 Å². The van der Waals surface area contributed by atoms with Gasteiger partial charge in [0.25, 0.3) is 0 Å². The van der Waals surface area contributed by atoms with Gasteiger partial charge < -0.3 is 10.4 Å². The van der Waals surface area contributed by atoms with Crippen LogP contribution in [-0.4, -0.2) is 24.2 Å². The second kappa shape index (κ2) is 6.10. The number of carboxylic acid groups (broad SMARTS) is 1. The lowest BCUT2D eigenvalue weighted by molar-refractivity contribution is -0.141. The van der Waals surface area contributed by atoms with Gasteiger partial charge in [-0.3, -0.25) is 4.79 Å². The van der Waals surface area contributed by atoms with Crippen LogP contribution >= 0.6 is 0 Å². The van der Waals surface area contributed by atoms with E-state index in [0.717, 1.165) is 16.7 Å². The molecule has 0 fully saturated rings. The Balaban J connectivity index is 2.32. The van der Waals surface area contributed by atoms with Crippen LogP contribution in [0.1, 0.15) is 19.4 Å². The van der Waals surface area contributed by atoms with Gasteiger partial charge >= 0.3 is 5.97 Å². The van der Waals surface area contributed by atoms with Crippen molar-refractivity contribution < 1.29 is 9.90 Å². The fraction of sp³-hybridized carbons (Fsp3) is 0.278. The summed E-state index contributed by atoms with van der Waals surface area (Å²) >= 11 is 0. The smallest absolute Gasteiger partial charge is 0.321 e. The predicted octanol–water partition coefficient (Wildman–Crippen LogP) is 3.30. The van der Waals surface area contributed by atoms with Crippen molar-refractivity contribution in [1.29, 1.82) is 0 Å². The van der Waals surface area contributed by atoms with Gasteiger partial charge in [0, 0.05) is 5.41 Å². The average Bonchev–Trinajstić information content (AvgIpc) is 2.48. The van der Waals surface area contributed by atoms with Gasteiger partial charge in [-0.2, -0.15) is 0 Å². The van der Waals surface area contributed by atoms with Crippen LogP contribution in [0.4, 0.5) is 0 Å². The maximum Gasteiger partial charge on any atom is 0.321 e. The van der Waals surface area contributed by atoms with Gasteiger partial charge in [-0.25, -0.2) is 0 Å². The SMILES string of the molecule is CNC(C(=O)O)C(C)(C)c1ccc(-c2ccccc2)cc1. The molecule has 2 rings (SSSR count). The molecule has 0 saturated carbocycles. The minimum absolute atomic E-state index is 0.490. The number of aliphatic carboxylic acids is 1. The van der Waals surface area contributed by atoms with Gasteiger partial charge in [-0.1, -0.05) is 68.4 Å². The predicted molar refractivity (Wildman–Crippen MR) is 85.4 cm³/mol. The number of carboxylic acids is 1. The van der Waals surface area contributed by atoms with Crippen LogP contribution in [0.3, 0.4) is 0 Å². The van der Waals surface area contributed by atoms with Crippen LogP contribution in [0.2, 0.25) is 0 Å². The third-order valence-electron chi connectivity index (χ3n) is 3.99. The molecule has 0 aliphatic carbocycles. The molecule has 0 saturated heterocycles. The molecule has 0 heterocycles. The highest BCUT2D eigenvalue weighted by Gasteiger charge is 2.35. The lowest BCUT2D eigenvalue weighted by Crippen LogP contribution is -2.48. The quantitative estimate of drug-likeness (QED) is 0.885. The molecule has 1 atom stereocenters. The molecule has 2 aromatic rings. The molecule has 21 heavy (non-hydrogen) atoms. The molecule has 0 spiro atoms. The van der Waals surface area contributed by atoms with Crippen molar-refractivity contribution in [2.24, 2.45) is 0 Å². The van der Waals surface area contributed by atoms with E-state index in [1.54, 1.807) is 7.05 Å². The summed E-state index contributed by atoms with van der Waals surface area (Å²) in [5.74, 6) is -0.838. The van der Waals surface area contributed by atoms with Crippen molar-refractivity contribution in [2.45, 2.75) is 25.3 Å². The number of benzene rings is 2. The van der Waals surface area contributed by atoms with E-state index in [-0.39, 0.29) is 0 Å². The second-order valence-corrected chi connectivity index (χ2v) is 5.72. The largest absolute Gasteiger partial charge is 0.480 e. The molecule has 0 radical (unpaired) electrons. The number of likely N-dealkylation sites (N-methyl/N-ethyl adjacent to an activating group) is 1. The molecule has 0 bridgehead atoms. The Kier molecular flexibility index (Phi) is 4.43. The summed E-state index contributed by atoms with van der Waals surface area (Å²) in [6.45, 7) is 3.89. The lowest BCUT2D eigenvalue weighted by atomic mass is 9.77. The Hall–Kier alpha value is -2.13. The topological polar surface area (TPSA) is 49.3 Å². The van der Waals surface area contributed by atoms with Crippen LogP contribution < -0.4 is 5.32 Å². The molecule has 0 aromatic heterocycles. The maximum absolute atomic E-state index is 11.4. The minimum atomic E-state index is -0.838. The zero-order valence-electron chi connectivity index (χ0n) is 12.6. The standard InChI is InChI=1S/C18H21NO2/c1-18(2,16(19-3)17(20)21)15-11-9-14(10-12-15)13-7-5-4-6-8-13/h4-12,16,19H,1-3H3,(H,20,21). The molecule has 2 aromatic carbocycles. The highest BCUT2D eigenvalue weighted by atomic mass is 16.4. The molecule has 3 nitrogen and oxygen atoms in total.